The molecule has 0 unspecified atom stereocenters. The second-order valence-electron chi connectivity index (χ2n) is 7.16. The lowest BCUT2D eigenvalue weighted by Gasteiger charge is -2.32. The van der Waals surface area contributed by atoms with Crippen molar-refractivity contribution in [2.45, 2.75) is 52.2 Å². The Balaban J connectivity index is 1.55. The molecule has 0 aromatic carbocycles. The van der Waals surface area contributed by atoms with E-state index in [4.69, 9.17) is 4.74 Å². The Morgan fingerprint density at radius 3 is 3.09 bits per heavy atom. The number of carbonyl (C=O) groups is 1. The molecule has 1 aliphatic heterocycles. The Morgan fingerprint density at radius 1 is 1.48 bits per heavy atom. The maximum atomic E-state index is 12.4. The van der Waals surface area contributed by atoms with E-state index in [0.717, 1.165) is 42.8 Å². The molecule has 1 aromatic heterocycles. The summed E-state index contributed by atoms with van der Waals surface area (Å²) >= 11 is 0. The van der Waals surface area contributed by atoms with Gasteiger partial charge in [-0.15, -0.1) is 0 Å². The van der Waals surface area contributed by atoms with Gasteiger partial charge in [-0.25, -0.2) is 4.79 Å². The van der Waals surface area contributed by atoms with E-state index in [1.807, 2.05) is 32.0 Å². The van der Waals surface area contributed by atoms with Gasteiger partial charge >= 0.3 is 6.03 Å². The predicted octanol–water partition coefficient (Wildman–Crippen LogP) is 2.80. The number of urea groups is 1. The average Bonchev–Trinajstić information content (AvgIpc) is 3.05. The number of hydrogen-bond donors (Lipinski definition) is 1. The van der Waals surface area contributed by atoms with Gasteiger partial charge in [-0.2, -0.15) is 0 Å². The van der Waals surface area contributed by atoms with Gasteiger partial charge in [0.2, 0.25) is 0 Å². The Kier molecular flexibility index (Phi) is 4.57. The number of aromatic nitrogens is 1. The quantitative estimate of drug-likeness (QED) is 0.929. The number of hydrogen-bond acceptors (Lipinski definition) is 3. The lowest BCUT2D eigenvalue weighted by atomic mass is 9.82. The van der Waals surface area contributed by atoms with Crippen LogP contribution in [0, 0.1) is 19.3 Å². The summed E-state index contributed by atoms with van der Waals surface area (Å²) in [5.74, 6) is 0. The van der Waals surface area contributed by atoms with Crippen molar-refractivity contribution in [3.05, 3.63) is 29.1 Å². The minimum absolute atomic E-state index is 0.0290. The van der Waals surface area contributed by atoms with Crippen molar-refractivity contribution in [1.29, 1.82) is 0 Å². The van der Waals surface area contributed by atoms with Crippen LogP contribution in [0.3, 0.4) is 0 Å². The number of aryl methyl sites for hydroxylation is 2. The average molecular weight is 317 g/mol. The molecule has 1 aromatic rings. The summed E-state index contributed by atoms with van der Waals surface area (Å²) in [6.07, 6.45) is 6.80. The van der Waals surface area contributed by atoms with Gasteiger partial charge in [0.1, 0.15) is 0 Å². The maximum Gasteiger partial charge on any atom is 0.317 e. The highest BCUT2D eigenvalue weighted by Crippen LogP contribution is 2.47. The number of amides is 2. The highest BCUT2D eigenvalue weighted by atomic mass is 16.5. The van der Waals surface area contributed by atoms with Crippen LogP contribution in [0.25, 0.3) is 0 Å². The fourth-order valence-corrected chi connectivity index (χ4v) is 4.08. The highest BCUT2D eigenvalue weighted by molar-refractivity contribution is 5.73. The molecule has 0 bridgehead atoms. The fourth-order valence-electron chi connectivity index (χ4n) is 4.08. The van der Waals surface area contributed by atoms with Gasteiger partial charge in [0.15, 0.2) is 0 Å². The summed E-state index contributed by atoms with van der Waals surface area (Å²) in [6.45, 7) is 6.15. The zero-order valence-corrected chi connectivity index (χ0v) is 14.4. The largest absolute Gasteiger partial charge is 0.378 e. The summed E-state index contributed by atoms with van der Waals surface area (Å²) in [7, 11) is 1.88. The standard InChI is InChI=1S/C18H27N3O2/c1-13-9-14(2)15(19-10-13)11-20-17(22)21(3)12-18-6-4-5-16(18)23-8-7-18/h9-10,16H,4-8,11-12H2,1-3H3,(H,20,22)/t16-,18-/m1/s1. The van der Waals surface area contributed by atoms with E-state index >= 15 is 0 Å². The number of nitrogens with one attached hydrogen (secondary N) is 1. The first-order valence-electron chi connectivity index (χ1n) is 8.53. The number of pyridine rings is 1. The van der Waals surface area contributed by atoms with E-state index in [0.29, 0.717) is 12.6 Å². The van der Waals surface area contributed by atoms with Crippen molar-refractivity contribution in [3.8, 4) is 0 Å². The Hall–Kier alpha value is -1.62. The van der Waals surface area contributed by atoms with Gasteiger partial charge in [-0.3, -0.25) is 4.98 Å². The molecule has 1 saturated carbocycles. The van der Waals surface area contributed by atoms with Crippen molar-refractivity contribution in [3.63, 3.8) is 0 Å². The smallest absolute Gasteiger partial charge is 0.317 e. The van der Waals surface area contributed by atoms with Gasteiger partial charge in [-0.05, 0) is 44.2 Å². The molecule has 2 fully saturated rings. The maximum absolute atomic E-state index is 12.4. The SMILES string of the molecule is Cc1cnc(CNC(=O)N(C)C[C@]23CCC[C@H]2OCC3)c(C)c1. The summed E-state index contributed by atoms with van der Waals surface area (Å²) < 4.78 is 5.85. The first kappa shape index (κ1) is 16.2. The monoisotopic (exact) mass is 317 g/mol. The first-order chi connectivity index (χ1) is 11.0. The zero-order chi connectivity index (χ0) is 16.4. The number of nitrogens with zero attached hydrogens (tertiary/aromatic N) is 2. The second kappa shape index (κ2) is 6.48. The lowest BCUT2D eigenvalue weighted by molar-refractivity contribution is 0.0585. The molecule has 2 atom stereocenters. The molecule has 1 N–H and O–H groups in total. The summed E-state index contributed by atoms with van der Waals surface area (Å²) in [6, 6.07) is 2.06. The van der Waals surface area contributed by atoms with Crippen molar-refractivity contribution in [2.24, 2.45) is 5.41 Å². The van der Waals surface area contributed by atoms with E-state index in [2.05, 4.69) is 16.4 Å². The number of carbonyl (C=O) groups excluding carboxylic acids is 1. The van der Waals surface area contributed by atoms with Gasteiger partial charge in [0.25, 0.3) is 0 Å². The van der Waals surface area contributed by atoms with Gasteiger partial charge in [-0.1, -0.05) is 12.5 Å². The Labute approximate surface area is 138 Å². The molecular formula is C18H27N3O2. The lowest BCUT2D eigenvalue weighted by Crippen LogP contribution is -2.45. The zero-order valence-electron chi connectivity index (χ0n) is 14.4. The number of rotatable bonds is 4. The topological polar surface area (TPSA) is 54.5 Å². The van der Waals surface area contributed by atoms with Crippen molar-refractivity contribution in [2.75, 3.05) is 20.2 Å². The summed E-state index contributed by atoms with van der Waals surface area (Å²) in [4.78, 5) is 18.6. The minimum atomic E-state index is -0.0290. The third-order valence-corrected chi connectivity index (χ3v) is 5.37. The van der Waals surface area contributed by atoms with Crippen LogP contribution in [0.2, 0.25) is 0 Å². The van der Waals surface area contributed by atoms with Gasteiger partial charge in [0.05, 0.1) is 18.3 Å². The molecule has 23 heavy (non-hydrogen) atoms. The second-order valence-corrected chi connectivity index (χ2v) is 7.16. The number of fused-ring (bicyclic) bond motifs is 1. The molecule has 1 aliphatic carbocycles. The minimum Gasteiger partial charge on any atom is -0.378 e. The molecule has 5 heteroatoms. The van der Waals surface area contributed by atoms with E-state index in [-0.39, 0.29) is 11.4 Å². The van der Waals surface area contributed by atoms with Crippen LogP contribution in [0.15, 0.2) is 12.3 Å². The summed E-state index contributed by atoms with van der Waals surface area (Å²) in [5, 5.41) is 2.99. The van der Waals surface area contributed by atoms with Crippen LogP contribution in [0.4, 0.5) is 4.79 Å². The van der Waals surface area contributed by atoms with E-state index in [1.54, 1.807) is 0 Å². The van der Waals surface area contributed by atoms with Crippen LogP contribution >= 0.6 is 0 Å². The van der Waals surface area contributed by atoms with Gasteiger partial charge < -0.3 is 15.0 Å². The van der Waals surface area contributed by atoms with Crippen LogP contribution in [-0.2, 0) is 11.3 Å². The van der Waals surface area contributed by atoms with Crippen molar-refractivity contribution >= 4 is 6.03 Å². The molecule has 2 amide bonds. The normalized spacial score (nSPS) is 26.1. The Morgan fingerprint density at radius 2 is 2.30 bits per heavy atom. The molecule has 0 spiro atoms. The van der Waals surface area contributed by atoms with Crippen LogP contribution < -0.4 is 5.32 Å². The molecule has 5 nitrogen and oxygen atoms in total. The molecule has 2 aliphatic rings. The molecule has 1 saturated heterocycles. The van der Waals surface area contributed by atoms with Crippen LogP contribution in [-0.4, -0.2) is 42.2 Å². The fraction of sp³-hybridized carbons (Fsp3) is 0.667. The van der Waals surface area contributed by atoms with Crippen molar-refractivity contribution < 1.29 is 9.53 Å². The van der Waals surface area contributed by atoms with E-state index < -0.39 is 0 Å². The van der Waals surface area contributed by atoms with E-state index in [1.165, 1.54) is 12.8 Å². The third-order valence-electron chi connectivity index (χ3n) is 5.37. The van der Waals surface area contributed by atoms with Crippen LogP contribution in [0.1, 0.15) is 42.5 Å². The third kappa shape index (κ3) is 3.34. The first-order valence-corrected chi connectivity index (χ1v) is 8.53. The molecule has 2 heterocycles. The molecule has 126 valence electrons. The Bertz CT molecular complexity index is 578. The predicted molar refractivity (Wildman–Crippen MR) is 89.2 cm³/mol. The highest BCUT2D eigenvalue weighted by Gasteiger charge is 2.48. The van der Waals surface area contributed by atoms with Crippen LogP contribution in [0.5, 0.6) is 0 Å². The molecule has 0 radical (unpaired) electrons. The number of ether oxygens (including phenoxy) is 1. The van der Waals surface area contributed by atoms with Crippen molar-refractivity contribution in [1.82, 2.24) is 15.2 Å². The molecular weight excluding hydrogens is 290 g/mol. The summed E-state index contributed by atoms with van der Waals surface area (Å²) in [5.41, 5.74) is 3.37. The van der Waals surface area contributed by atoms with Gasteiger partial charge in [0, 0.05) is 31.8 Å². The molecule has 3 rings (SSSR count). The van der Waals surface area contributed by atoms with E-state index in [9.17, 15) is 4.79 Å².